The second-order valence-corrected chi connectivity index (χ2v) is 3.79. The Morgan fingerprint density at radius 1 is 1.12 bits per heavy atom. The van der Waals surface area contributed by atoms with Crippen molar-refractivity contribution in [2.75, 3.05) is 13.2 Å². The molecule has 0 aliphatic rings. The molecule has 0 aliphatic heterocycles. The summed E-state index contributed by atoms with van der Waals surface area (Å²) in [7, 11) is 0. The Morgan fingerprint density at radius 3 is 2.35 bits per heavy atom. The van der Waals surface area contributed by atoms with Gasteiger partial charge in [-0.2, -0.15) is 0 Å². The SMILES string of the molecule is CCCCOc1ccc(OCCCC)[n+]([O-])n1. The van der Waals surface area contributed by atoms with E-state index in [-0.39, 0.29) is 5.88 Å². The highest BCUT2D eigenvalue weighted by atomic mass is 16.6. The number of aromatic nitrogens is 2. The first-order chi connectivity index (χ1) is 8.27. The zero-order chi connectivity index (χ0) is 12.5. The third-order valence-corrected chi connectivity index (χ3v) is 2.24. The molecule has 0 bridgehead atoms. The molecule has 0 atom stereocenters. The largest absolute Gasteiger partial charge is 0.591 e. The van der Waals surface area contributed by atoms with Crippen LogP contribution in [-0.4, -0.2) is 18.3 Å². The lowest BCUT2D eigenvalue weighted by atomic mass is 10.4. The molecule has 0 spiro atoms. The highest BCUT2D eigenvalue weighted by Gasteiger charge is 2.10. The molecule has 96 valence electrons. The molecule has 1 heterocycles. The molecule has 1 rings (SSSR count). The topological polar surface area (TPSA) is 58.3 Å². The molecule has 1 aromatic heterocycles. The van der Waals surface area contributed by atoms with Crippen LogP contribution in [0.1, 0.15) is 39.5 Å². The fourth-order valence-corrected chi connectivity index (χ4v) is 1.20. The van der Waals surface area contributed by atoms with Crippen molar-refractivity contribution in [3.63, 3.8) is 0 Å². The van der Waals surface area contributed by atoms with Crippen LogP contribution >= 0.6 is 0 Å². The van der Waals surface area contributed by atoms with Gasteiger partial charge in [-0.05, 0) is 17.7 Å². The van der Waals surface area contributed by atoms with Gasteiger partial charge in [-0.3, -0.25) is 0 Å². The third kappa shape index (κ3) is 4.89. The summed E-state index contributed by atoms with van der Waals surface area (Å²) in [6.45, 7) is 5.27. The average Bonchev–Trinajstić information content (AvgIpc) is 2.32. The Hall–Kier alpha value is -1.52. The van der Waals surface area contributed by atoms with Gasteiger partial charge in [0, 0.05) is 6.07 Å². The van der Waals surface area contributed by atoms with Crippen molar-refractivity contribution in [1.82, 2.24) is 5.10 Å². The van der Waals surface area contributed by atoms with Crippen LogP contribution in [0.2, 0.25) is 0 Å². The van der Waals surface area contributed by atoms with Crippen molar-refractivity contribution in [3.8, 4) is 11.8 Å². The molecule has 0 saturated heterocycles. The molecule has 0 N–H and O–H groups in total. The number of unbranched alkanes of at least 4 members (excludes halogenated alkanes) is 2. The van der Waals surface area contributed by atoms with Crippen LogP contribution in [0.3, 0.4) is 0 Å². The van der Waals surface area contributed by atoms with Crippen molar-refractivity contribution in [3.05, 3.63) is 17.3 Å². The molecule has 0 saturated carbocycles. The van der Waals surface area contributed by atoms with E-state index in [0.717, 1.165) is 25.7 Å². The predicted octanol–water partition coefficient (Wildman–Crippen LogP) is 2.07. The second-order valence-electron chi connectivity index (χ2n) is 3.79. The van der Waals surface area contributed by atoms with E-state index in [4.69, 9.17) is 9.47 Å². The number of hydrogen-bond donors (Lipinski definition) is 0. The Kier molecular flexibility index (Phi) is 6.14. The van der Waals surface area contributed by atoms with Gasteiger partial charge in [-0.25, -0.2) is 0 Å². The van der Waals surface area contributed by atoms with E-state index >= 15 is 0 Å². The minimum absolute atomic E-state index is 0.223. The monoisotopic (exact) mass is 240 g/mol. The van der Waals surface area contributed by atoms with Gasteiger partial charge >= 0.3 is 5.88 Å². The number of nitrogens with zero attached hydrogens (tertiary/aromatic N) is 2. The quantitative estimate of drug-likeness (QED) is 0.396. The fourth-order valence-electron chi connectivity index (χ4n) is 1.20. The molecule has 5 heteroatoms. The molecule has 17 heavy (non-hydrogen) atoms. The molecule has 0 unspecified atom stereocenters. The first kappa shape index (κ1) is 13.5. The minimum atomic E-state index is 0.223. The van der Waals surface area contributed by atoms with Crippen LogP contribution in [0, 0.1) is 5.21 Å². The molecule has 0 radical (unpaired) electrons. The molecule has 0 amide bonds. The van der Waals surface area contributed by atoms with Crippen LogP contribution in [-0.2, 0) is 0 Å². The molecular formula is C12H20N2O3. The first-order valence-corrected chi connectivity index (χ1v) is 6.14. The summed E-state index contributed by atoms with van der Waals surface area (Å²) in [5.41, 5.74) is 0. The van der Waals surface area contributed by atoms with E-state index in [9.17, 15) is 5.21 Å². The van der Waals surface area contributed by atoms with E-state index in [1.165, 1.54) is 0 Å². The van der Waals surface area contributed by atoms with Crippen molar-refractivity contribution in [1.29, 1.82) is 0 Å². The third-order valence-electron chi connectivity index (χ3n) is 2.24. The van der Waals surface area contributed by atoms with Crippen molar-refractivity contribution < 1.29 is 14.3 Å². The lowest BCUT2D eigenvalue weighted by molar-refractivity contribution is -0.675. The maximum Gasteiger partial charge on any atom is 0.406 e. The van der Waals surface area contributed by atoms with Gasteiger partial charge in [0.2, 0.25) is 0 Å². The maximum atomic E-state index is 11.5. The predicted molar refractivity (Wildman–Crippen MR) is 64.0 cm³/mol. The van der Waals surface area contributed by atoms with Gasteiger partial charge in [0.15, 0.2) is 0 Å². The summed E-state index contributed by atoms with van der Waals surface area (Å²) < 4.78 is 10.6. The molecule has 0 fully saturated rings. The molecule has 0 aromatic carbocycles. The molecule has 0 aliphatic carbocycles. The second kappa shape index (κ2) is 7.70. The van der Waals surface area contributed by atoms with Crippen LogP contribution in [0.5, 0.6) is 11.8 Å². The Balaban J connectivity index is 2.47. The Morgan fingerprint density at radius 2 is 1.76 bits per heavy atom. The van der Waals surface area contributed by atoms with Crippen LogP contribution in [0.15, 0.2) is 12.1 Å². The van der Waals surface area contributed by atoms with Gasteiger partial charge < -0.3 is 14.7 Å². The zero-order valence-corrected chi connectivity index (χ0v) is 10.5. The molecule has 1 aromatic rings. The highest BCUT2D eigenvalue weighted by Crippen LogP contribution is 2.09. The van der Waals surface area contributed by atoms with Crippen LogP contribution in [0.4, 0.5) is 0 Å². The van der Waals surface area contributed by atoms with Gasteiger partial charge in [-0.1, -0.05) is 26.7 Å². The van der Waals surface area contributed by atoms with E-state index in [1.807, 2.05) is 0 Å². The van der Waals surface area contributed by atoms with Gasteiger partial charge in [0.25, 0.3) is 5.88 Å². The number of hydrogen-bond acceptors (Lipinski definition) is 4. The van der Waals surface area contributed by atoms with Crippen LogP contribution < -0.4 is 14.3 Å². The lowest BCUT2D eigenvalue weighted by Crippen LogP contribution is -2.33. The maximum absolute atomic E-state index is 11.5. The molecule has 5 nitrogen and oxygen atoms in total. The minimum Gasteiger partial charge on any atom is -0.591 e. The highest BCUT2D eigenvalue weighted by molar-refractivity contribution is 5.11. The van der Waals surface area contributed by atoms with Gasteiger partial charge in [0.05, 0.1) is 24.4 Å². The van der Waals surface area contributed by atoms with E-state index in [1.54, 1.807) is 12.1 Å². The van der Waals surface area contributed by atoms with E-state index in [2.05, 4.69) is 18.9 Å². The average molecular weight is 240 g/mol. The number of ether oxygens (including phenoxy) is 2. The fraction of sp³-hybridized carbons (Fsp3) is 0.667. The zero-order valence-electron chi connectivity index (χ0n) is 10.5. The summed E-state index contributed by atoms with van der Waals surface area (Å²) in [5, 5.41) is 15.2. The van der Waals surface area contributed by atoms with Gasteiger partial charge in [-0.15, -0.1) is 0 Å². The standard InChI is InChI=1S/C12H20N2O3/c1-3-5-9-16-11-7-8-12(14(15)13-11)17-10-6-4-2/h7-8H,3-6,9-10H2,1-2H3. The number of rotatable bonds is 8. The summed E-state index contributed by atoms with van der Waals surface area (Å²) >= 11 is 0. The van der Waals surface area contributed by atoms with Crippen molar-refractivity contribution >= 4 is 0 Å². The Bertz CT molecular complexity index is 332. The smallest absolute Gasteiger partial charge is 0.406 e. The van der Waals surface area contributed by atoms with Crippen molar-refractivity contribution in [2.45, 2.75) is 39.5 Å². The Labute approximate surface area is 102 Å². The summed E-state index contributed by atoms with van der Waals surface area (Å²) in [6.07, 6.45) is 3.96. The van der Waals surface area contributed by atoms with E-state index < -0.39 is 0 Å². The lowest BCUT2D eigenvalue weighted by Gasteiger charge is -2.06. The van der Waals surface area contributed by atoms with E-state index in [0.29, 0.717) is 23.9 Å². The summed E-state index contributed by atoms with van der Waals surface area (Å²) in [5.74, 6) is 0.567. The summed E-state index contributed by atoms with van der Waals surface area (Å²) in [6, 6.07) is 3.25. The molecular weight excluding hydrogens is 220 g/mol. The summed E-state index contributed by atoms with van der Waals surface area (Å²) in [4.78, 5) is 0.469. The van der Waals surface area contributed by atoms with Crippen molar-refractivity contribution in [2.24, 2.45) is 0 Å². The van der Waals surface area contributed by atoms with Gasteiger partial charge in [0.1, 0.15) is 0 Å². The first-order valence-electron chi connectivity index (χ1n) is 6.14. The van der Waals surface area contributed by atoms with Crippen LogP contribution in [0.25, 0.3) is 0 Å². The normalized spacial score (nSPS) is 10.2.